The minimum Gasteiger partial charge on any atom is -0.355 e. The lowest BCUT2D eigenvalue weighted by atomic mass is 9.80. The summed E-state index contributed by atoms with van der Waals surface area (Å²) in [4.78, 5) is 14.3. The maximum absolute atomic E-state index is 12.0. The van der Waals surface area contributed by atoms with Crippen molar-refractivity contribution in [2.45, 2.75) is 58.4 Å². The van der Waals surface area contributed by atoms with E-state index in [0.717, 1.165) is 25.9 Å². The molecule has 0 radical (unpaired) electrons. The number of amides is 1. The smallest absolute Gasteiger partial charge is 0.234 e. The predicted molar refractivity (Wildman–Crippen MR) is 80.0 cm³/mol. The Bertz CT molecular complexity index is 273. The van der Waals surface area contributed by atoms with Gasteiger partial charge in [-0.2, -0.15) is 0 Å². The molecule has 1 aliphatic carbocycles. The molecule has 3 N–H and O–H groups in total. The normalized spacial score (nSPS) is 18.8. The van der Waals surface area contributed by atoms with Gasteiger partial charge in [0.2, 0.25) is 5.91 Å². The van der Waals surface area contributed by atoms with Crippen molar-refractivity contribution < 1.29 is 4.79 Å². The third-order valence-electron chi connectivity index (χ3n) is 4.26. The summed E-state index contributed by atoms with van der Waals surface area (Å²) in [6.45, 7) is 9.15. The highest BCUT2D eigenvalue weighted by Crippen LogP contribution is 2.32. The molecule has 1 aliphatic rings. The summed E-state index contributed by atoms with van der Waals surface area (Å²) in [7, 11) is 0. The van der Waals surface area contributed by atoms with Crippen LogP contribution in [0.2, 0.25) is 0 Å². The summed E-state index contributed by atoms with van der Waals surface area (Å²) in [5, 5.41) is 3.01. The zero-order valence-electron chi connectivity index (χ0n) is 12.9. The number of carbonyl (C=O) groups excluding carboxylic acids is 1. The molecular weight excluding hydrogens is 238 g/mol. The largest absolute Gasteiger partial charge is 0.355 e. The molecule has 4 nitrogen and oxygen atoms in total. The van der Waals surface area contributed by atoms with Crippen molar-refractivity contribution >= 4 is 5.91 Å². The molecule has 0 aromatic carbocycles. The molecular formula is C15H31N3O. The van der Waals surface area contributed by atoms with Crippen LogP contribution in [0, 0.1) is 5.92 Å². The first-order chi connectivity index (χ1) is 9.04. The lowest BCUT2D eigenvalue weighted by Crippen LogP contribution is -2.57. The third kappa shape index (κ3) is 4.77. The number of nitrogens with zero attached hydrogens (tertiary/aromatic N) is 1. The topological polar surface area (TPSA) is 58.4 Å². The van der Waals surface area contributed by atoms with Crippen molar-refractivity contribution in [1.82, 2.24) is 10.2 Å². The maximum atomic E-state index is 12.0. The number of carbonyl (C=O) groups is 1. The summed E-state index contributed by atoms with van der Waals surface area (Å²) in [5.41, 5.74) is 6.10. The van der Waals surface area contributed by atoms with E-state index in [4.69, 9.17) is 5.73 Å². The van der Waals surface area contributed by atoms with Crippen LogP contribution in [0.4, 0.5) is 0 Å². The van der Waals surface area contributed by atoms with Gasteiger partial charge >= 0.3 is 0 Å². The highest BCUT2D eigenvalue weighted by molar-refractivity contribution is 5.78. The van der Waals surface area contributed by atoms with Gasteiger partial charge in [0.05, 0.1) is 6.54 Å². The Morgan fingerprint density at radius 2 is 1.95 bits per heavy atom. The van der Waals surface area contributed by atoms with Gasteiger partial charge in [0.25, 0.3) is 0 Å². The van der Waals surface area contributed by atoms with Gasteiger partial charge in [0, 0.05) is 18.6 Å². The van der Waals surface area contributed by atoms with Crippen LogP contribution in [0.3, 0.4) is 0 Å². The molecule has 4 heteroatoms. The fourth-order valence-corrected chi connectivity index (χ4v) is 3.02. The van der Waals surface area contributed by atoms with Crippen molar-refractivity contribution in [3.63, 3.8) is 0 Å². The lowest BCUT2D eigenvalue weighted by Gasteiger charge is -2.45. The first kappa shape index (κ1) is 16.4. The average Bonchev–Trinajstić information content (AvgIpc) is 2.43. The summed E-state index contributed by atoms with van der Waals surface area (Å²) in [6.07, 6.45) is 6.05. The van der Waals surface area contributed by atoms with Crippen molar-refractivity contribution in [2.24, 2.45) is 11.7 Å². The van der Waals surface area contributed by atoms with Crippen molar-refractivity contribution in [3.8, 4) is 0 Å². The Hall–Kier alpha value is -0.610. The van der Waals surface area contributed by atoms with Gasteiger partial charge in [-0.3, -0.25) is 9.69 Å². The molecule has 0 atom stereocenters. The van der Waals surface area contributed by atoms with E-state index in [-0.39, 0.29) is 11.4 Å². The molecule has 1 amide bonds. The van der Waals surface area contributed by atoms with Gasteiger partial charge < -0.3 is 11.1 Å². The Labute approximate surface area is 118 Å². The molecule has 0 heterocycles. The molecule has 0 aromatic heterocycles. The van der Waals surface area contributed by atoms with Gasteiger partial charge in [-0.15, -0.1) is 0 Å². The SMILES string of the molecule is CCN(CC(=O)NCC(C)C)C1(CN)CCCCC1. The molecule has 0 unspecified atom stereocenters. The maximum Gasteiger partial charge on any atom is 0.234 e. The molecule has 1 saturated carbocycles. The zero-order valence-corrected chi connectivity index (χ0v) is 12.9. The van der Waals surface area contributed by atoms with Gasteiger partial charge in [-0.1, -0.05) is 40.0 Å². The minimum absolute atomic E-state index is 0.0577. The van der Waals surface area contributed by atoms with Crippen molar-refractivity contribution in [1.29, 1.82) is 0 Å². The number of likely N-dealkylation sites (N-methyl/N-ethyl adjacent to an activating group) is 1. The third-order valence-corrected chi connectivity index (χ3v) is 4.26. The van der Waals surface area contributed by atoms with Crippen LogP contribution in [0.15, 0.2) is 0 Å². The molecule has 0 spiro atoms. The lowest BCUT2D eigenvalue weighted by molar-refractivity contribution is -0.124. The van der Waals surface area contributed by atoms with E-state index in [9.17, 15) is 4.79 Å². The Morgan fingerprint density at radius 3 is 2.42 bits per heavy atom. The Kier molecular flexibility index (Phi) is 6.80. The van der Waals surface area contributed by atoms with E-state index < -0.39 is 0 Å². The van der Waals surface area contributed by atoms with Gasteiger partial charge in [-0.05, 0) is 25.3 Å². The Morgan fingerprint density at radius 1 is 1.32 bits per heavy atom. The van der Waals surface area contributed by atoms with E-state index >= 15 is 0 Å². The summed E-state index contributed by atoms with van der Waals surface area (Å²) < 4.78 is 0. The first-order valence-electron chi connectivity index (χ1n) is 7.76. The first-order valence-corrected chi connectivity index (χ1v) is 7.76. The average molecular weight is 269 g/mol. The number of rotatable bonds is 7. The molecule has 1 rings (SSSR count). The second-order valence-corrected chi connectivity index (χ2v) is 6.20. The highest BCUT2D eigenvalue weighted by Gasteiger charge is 2.36. The van der Waals surface area contributed by atoms with Crippen molar-refractivity contribution in [2.75, 3.05) is 26.2 Å². The Balaban J connectivity index is 2.57. The molecule has 112 valence electrons. The monoisotopic (exact) mass is 269 g/mol. The van der Waals surface area contributed by atoms with Crippen LogP contribution >= 0.6 is 0 Å². The van der Waals surface area contributed by atoms with E-state index in [1.54, 1.807) is 0 Å². The quantitative estimate of drug-likeness (QED) is 0.740. The standard InChI is InChI=1S/C15H31N3O/c1-4-18(11-14(19)17-10-13(2)3)15(12-16)8-6-5-7-9-15/h13H,4-12,16H2,1-3H3,(H,17,19). The number of hydrogen-bond acceptors (Lipinski definition) is 3. The van der Waals surface area contributed by atoms with Crippen LogP contribution in [-0.4, -0.2) is 42.5 Å². The molecule has 0 bridgehead atoms. The highest BCUT2D eigenvalue weighted by atomic mass is 16.2. The fourth-order valence-electron chi connectivity index (χ4n) is 3.02. The van der Waals surface area contributed by atoms with Gasteiger partial charge in [0.15, 0.2) is 0 Å². The summed E-state index contributed by atoms with van der Waals surface area (Å²) in [5.74, 6) is 0.631. The van der Waals surface area contributed by atoms with Gasteiger partial charge in [0.1, 0.15) is 0 Å². The van der Waals surface area contributed by atoms with E-state index in [2.05, 4.69) is 31.0 Å². The molecule has 1 fully saturated rings. The van der Waals surface area contributed by atoms with Crippen molar-refractivity contribution in [3.05, 3.63) is 0 Å². The second kappa shape index (κ2) is 7.85. The van der Waals surface area contributed by atoms with Crippen LogP contribution < -0.4 is 11.1 Å². The fraction of sp³-hybridized carbons (Fsp3) is 0.933. The van der Waals surface area contributed by atoms with E-state index in [1.165, 1.54) is 19.3 Å². The van der Waals surface area contributed by atoms with Gasteiger partial charge in [-0.25, -0.2) is 0 Å². The number of nitrogens with two attached hydrogens (primary N) is 1. The number of hydrogen-bond donors (Lipinski definition) is 2. The molecule has 0 aromatic rings. The van der Waals surface area contributed by atoms with Crippen LogP contribution in [0.25, 0.3) is 0 Å². The summed E-state index contributed by atoms with van der Waals surface area (Å²) in [6, 6.07) is 0. The van der Waals surface area contributed by atoms with E-state index in [0.29, 0.717) is 19.0 Å². The molecule has 0 aliphatic heterocycles. The number of nitrogens with one attached hydrogen (secondary N) is 1. The molecule has 0 saturated heterocycles. The van der Waals surface area contributed by atoms with Crippen LogP contribution in [0.1, 0.15) is 52.9 Å². The van der Waals surface area contributed by atoms with Crippen LogP contribution in [0.5, 0.6) is 0 Å². The van der Waals surface area contributed by atoms with E-state index in [1.807, 2.05) is 0 Å². The minimum atomic E-state index is 0.0577. The second-order valence-electron chi connectivity index (χ2n) is 6.20. The zero-order chi connectivity index (χ0) is 14.3. The summed E-state index contributed by atoms with van der Waals surface area (Å²) >= 11 is 0. The van der Waals surface area contributed by atoms with Crippen LogP contribution in [-0.2, 0) is 4.79 Å². The predicted octanol–water partition coefficient (Wildman–Crippen LogP) is 1.74. The molecule has 19 heavy (non-hydrogen) atoms.